The Balaban J connectivity index is 1.65. The van der Waals surface area contributed by atoms with Crippen LogP contribution in [0.15, 0.2) is 78.9 Å². The van der Waals surface area contributed by atoms with Gasteiger partial charge in [0.25, 0.3) is 0 Å². The van der Waals surface area contributed by atoms with Crippen LogP contribution in [0.2, 0.25) is 0 Å². The number of carbonyl (C=O) groups excluding carboxylic acids is 2. The molecule has 0 fully saturated rings. The summed E-state index contributed by atoms with van der Waals surface area (Å²) in [4.78, 5) is 26.0. The van der Waals surface area contributed by atoms with E-state index in [-0.39, 0.29) is 12.4 Å². The molecule has 0 bridgehead atoms. The van der Waals surface area contributed by atoms with Crippen molar-refractivity contribution >= 4 is 33.5 Å². The van der Waals surface area contributed by atoms with Crippen molar-refractivity contribution in [1.82, 2.24) is 4.57 Å². The summed E-state index contributed by atoms with van der Waals surface area (Å²) in [5, 5.41) is 0.840. The van der Waals surface area contributed by atoms with E-state index in [1.807, 2.05) is 67.6 Å². The number of hydrogen-bond acceptors (Lipinski definition) is 4. The lowest BCUT2D eigenvalue weighted by molar-refractivity contribution is 0.0475. The van der Waals surface area contributed by atoms with Gasteiger partial charge in [-0.25, -0.2) is 4.79 Å². The van der Waals surface area contributed by atoms with E-state index in [2.05, 4.69) is 4.57 Å². The summed E-state index contributed by atoms with van der Waals surface area (Å²) in [6.07, 6.45) is 1.61. The molecular weight excluding hydrogens is 434 g/mol. The van der Waals surface area contributed by atoms with Crippen LogP contribution in [-0.4, -0.2) is 33.4 Å². The summed E-state index contributed by atoms with van der Waals surface area (Å²) in [6.45, 7) is 2.38. The Morgan fingerprint density at radius 1 is 0.939 bits per heavy atom. The van der Waals surface area contributed by atoms with E-state index < -0.39 is 16.8 Å². The molecule has 1 atom stereocenters. The number of carbonyl (C=O) groups is 2. The lowest BCUT2D eigenvalue weighted by Gasteiger charge is -2.11. The molecule has 0 aliphatic rings. The molecule has 0 unspecified atom stereocenters. The number of aromatic nitrogens is 1. The third-order valence-corrected chi connectivity index (χ3v) is 6.22. The molecule has 168 valence electrons. The number of hydrogen-bond donors (Lipinski definition) is 0. The summed E-state index contributed by atoms with van der Waals surface area (Å²) in [7, 11) is -1.02. The fourth-order valence-corrected chi connectivity index (χ4v) is 4.77. The van der Waals surface area contributed by atoms with Crippen molar-refractivity contribution in [3.63, 3.8) is 0 Å². The van der Waals surface area contributed by atoms with Gasteiger partial charge in [-0.15, -0.1) is 0 Å². The number of nitrogens with zero attached hydrogens (tertiary/aromatic N) is 1. The molecule has 0 aliphatic heterocycles. The molecule has 0 aliphatic carbocycles. The van der Waals surface area contributed by atoms with Gasteiger partial charge in [0.15, 0.2) is 6.61 Å². The van der Waals surface area contributed by atoms with Gasteiger partial charge in [0.05, 0.1) is 16.8 Å². The lowest BCUT2D eigenvalue weighted by atomic mass is 10.0. The van der Waals surface area contributed by atoms with Crippen molar-refractivity contribution in [3.05, 3.63) is 95.6 Å². The van der Waals surface area contributed by atoms with E-state index in [0.29, 0.717) is 23.4 Å². The van der Waals surface area contributed by atoms with Gasteiger partial charge < -0.3 is 9.30 Å². The number of rotatable bonds is 8. The topological polar surface area (TPSA) is 65.4 Å². The van der Waals surface area contributed by atoms with Gasteiger partial charge in [0.1, 0.15) is 0 Å². The minimum absolute atomic E-state index is 0.253. The van der Waals surface area contributed by atoms with Crippen molar-refractivity contribution in [2.24, 2.45) is 0 Å². The minimum atomic E-state index is -1.02. The van der Waals surface area contributed by atoms with Gasteiger partial charge in [-0.1, -0.05) is 60.7 Å². The Hall–Kier alpha value is -3.51. The number of esters is 1. The molecule has 0 N–H and O–H groups in total. The van der Waals surface area contributed by atoms with Crippen molar-refractivity contribution in [2.45, 2.75) is 19.2 Å². The fourth-order valence-electron chi connectivity index (χ4n) is 4.12. The SMILES string of the molecule is CCn1c(-c2ccccc2)c(C(=O)COC(=O)c2cccc(C[S@@](C)=O)c2)c2ccccc21. The molecule has 4 aromatic rings. The van der Waals surface area contributed by atoms with Gasteiger partial charge in [-0.3, -0.25) is 9.00 Å². The highest BCUT2D eigenvalue weighted by atomic mass is 32.2. The molecule has 0 spiro atoms. The second-order valence-electron chi connectivity index (χ2n) is 7.77. The van der Waals surface area contributed by atoms with E-state index in [9.17, 15) is 13.8 Å². The van der Waals surface area contributed by atoms with Gasteiger partial charge >= 0.3 is 5.97 Å². The Labute approximate surface area is 195 Å². The van der Waals surface area contributed by atoms with E-state index in [0.717, 1.165) is 27.7 Å². The second kappa shape index (κ2) is 9.96. The van der Waals surface area contributed by atoms with E-state index in [1.54, 1.807) is 24.5 Å². The standard InChI is InChI=1S/C27H25NO4S/c1-3-28-23-15-8-7-14-22(23)25(26(28)20-11-5-4-6-12-20)24(29)17-32-27(30)21-13-9-10-19(16-21)18-33(2)31/h4-16H,3,17-18H2,1-2H3/t33-/m1/s1. The maximum absolute atomic E-state index is 13.4. The van der Waals surface area contributed by atoms with Crippen molar-refractivity contribution in [1.29, 1.82) is 0 Å². The molecule has 33 heavy (non-hydrogen) atoms. The second-order valence-corrected chi connectivity index (χ2v) is 9.20. The minimum Gasteiger partial charge on any atom is -0.454 e. The molecular formula is C27H25NO4S. The molecule has 0 saturated carbocycles. The van der Waals surface area contributed by atoms with Crippen LogP contribution < -0.4 is 0 Å². The van der Waals surface area contributed by atoms with Crippen molar-refractivity contribution in [3.8, 4) is 11.3 Å². The fraction of sp³-hybridized carbons (Fsp3) is 0.185. The Bertz CT molecular complexity index is 1340. The Morgan fingerprint density at radius 3 is 2.39 bits per heavy atom. The van der Waals surface area contributed by atoms with Gasteiger partial charge in [-0.05, 0) is 36.2 Å². The zero-order valence-electron chi connectivity index (χ0n) is 18.6. The predicted molar refractivity (Wildman–Crippen MR) is 132 cm³/mol. The number of ketones is 1. The van der Waals surface area contributed by atoms with Crippen LogP contribution in [0.5, 0.6) is 0 Å². The van der Waals surface area contributed by atoms with Crippen molar-refractivity contribution < 1.29 is 18.5 Å². The number of ether oxygens (including phenoxy) is 1. The number of Topliss-reactive ketones (excluding diaryl/α,β-unsaturated/α-hetero) is 1. The molecule has 0 amide bonds. The monoisotopic (exact) mass is 459 g/mol. The molecule has 1 aromatic heterocycles. The van der Waals surface area contributed by atoms with E-state index >= 15 is 0 Å². The predicted octanol–water partition coefficient (Wildman–Crippen LogP) is 5.25. The normalized spacial score (nSPS) is 11.9. The van der Waals surface area contributed by atoms with E-state index in [4.69, 9.17) is 4.74 Å². The van der Waals surface area contributed by atoms with Crippen LogP contribution in [0.1, 0.15) is 33.2 Å². The third kappa shape index (κ3) is 4.81. The van der Waals surface area contributed by atoms with Crippen molar-refractivity contribution in [2.75, 3.05) is 12.9 Å². The summed E-state index contributed by atoms with van der Waals surface area (Å²) in [6, 6.07) is 24.4. The van der Waals surface area contributed by atoms with Gasteiger partial charge in [-0.2, -0.15) is 0 Å². The first-order chi connectivity index (χ1) is 16.0. The first kappa shape index (κ1) is 22.7. The van der Waals surface area contributed by atoms with Crippen LogP contribution in [0.25, 0.3) is 22.2 Å². The van der Waals surface area contributed by atoms with Gasteiger partial charge in [0, 0.05) is 40.3 Å². The summed E-state index contributed by atoms with van der Waals surface area (Å²) in [5.74, 6) is -0.471. The average Bonchev–Trinajstić information content (AvgIpc) is 3.17. The smallest absolute Gasteiger partial charge is 0.338 e. The third-order valence-electron chi connectivity index (χ3n) is 5.48. The van der Waals surface area contributed by atoms with E-state index in [1.165, 1.54) is 0 Å². The Morgan fingerprint density at radius 2 is 1.67 bits per heavy atom. The number of benzene rings is 3. The molecule has 1 heterocycles. The molecule has 6 heteroatoms. The maximum atomic E-state index is 13.4. The lowest BCUT2D eigenvalue weighted by Crippen LogP contribution is -2.15. The highest BCUT2D eigenvalue weighted by Crippen LogP contribution is 2.34. The summed E-state index contributed by atoms with van der Waals surface area (Å²) >= 11 is 0. The zero-order valence-corrected chi connectivity index (χ0v) is 19.4. The molecule has 5 nitrogen and oxygen atoms in total. The first-order valence-electron chi connectivity index (χ1n) is 10.8. The zero-order chi connectivity index (χ0) is 23.4. The van der Waals surface area contributed by atoms with Crippen LogP contribution >= 0.6 is 0 Å². The first-order valence-corrected chi connectivity index (χ1v) is 12.5. The summed E-state index contributed by atoms with van der Waals surface area (Å²) < 4.78 is 19.0. The molecule has 0 radical (unpaired) electrons. The highest BCUT2D eigenvalue weighted by molar-refractivity contribution is 7.83. The molecule has 0 saturated heterocycles. The number of aryl methyl sites for hydroxylation is 1. The quantitative estimate of drug-likeness (QED) is 0.267. The van der Waals surface area contributed by atoms with Crippen LogP contribution in [0.4, 0.5) is 0 Å². The average molecular weight is 460 g/mol. The van der Waals surface area contributed by atoms with Crippen LogP contribution in [0.3, 0.4) is 0 Å². The molecule has 3 aromatic carbocycles. The number of para-hydroxylation sites is 1. The maximum Gasteiger partial charge on any atom is 0.338 e. The highest BCUT2D eigenvalue weighted by Gasteiger charge is 2.24. The van der Waals surface area contributed by atoms with Crippen LogP contribution in [-0.2, 0) is 27.8 Å². The Kier molecular flexibility index (Phi) is 6.84. The van der Waals surface area contributed by atoms with Crippen LogP contribution in [0, 0.1) is 0 Å². The van der Waals surface area contributed by atoms with Gasteiger partial charge in [0.2, 0.25) is 5.78 Å². The molecule has 4 rings (SSSR count). The largest absolute Gasteiger partial charge is 0.454 e. The number of fused-ring (bicyclic) bond motifs is 1. The summed E-state index contributed by atoms with van der Waals surface area (Å²) in [5.41, 5.74) is 4.41.